The number of ether oxygens (including phenoxy) is 1. The number of nitrogens with one attached hydrogen (secondary N) is 1. The zero-order chi connectivity index (χ0) is 13.5. The SMILES string of the molecule is CC1CC(NC(=O)C2C(C(=O)O)C2(C)C)CCO1. The Bertz CT molecular complexity index is 366. The summed E-state index contributed by atoms with van der Waals surface area (Å²) in [6, 6.07) is 0.118. The summed E-state index contributed by atoms with van der Waals surface area (Å²) < 4.78 is 5.42. The van der Waals surface area contributed by atoms with Gasteiger partial charge in [-0.15, -0.1) is 0 Å². The number of carbonyl (C=O) groups excluding carboxylic acids is 1. The lowest BCUT2D eigenvalue weighted by atomic mass is 10.0. The Hall–Kier alpha value is -1.10. The first-order valence-electron chi connectivity index (χ1n) is 6.49. The van der Waals surface area contributed by atoms with E-state index in [1.54, 1.807) is 0 Å². The van der Waals surface area contributed by atoms with Gasteiger partial charge in [0.15, 0.2) is 0 Å². The molecular formula is C13H21NO4. The van der Waals surface area contributed by atoms with Crippen LogP contribution >= 0.6 is 0 Å². The van der Waals surface area contributed by atoms with Crippen molar-refractivity contribution in [3.05, 3.63) is 0 Å². The lowest BCUT2D eigenvalue weighted by Gasteiger charge is -2.28. The third-order valence-corrected chi connectivity index (χ3v) is 4.21. The van der Waals surface area contributed by atoms with Crippen molar-refractivity contribution in [2.24, 2.45) is 17.3 Å². The van der Waals surface area contributed by atoms with Crippen molar-refractivity contribution in [2.45, 2.75) is 45.8 Å². The number of carboxylic acids is 1. The molecule has 1 amide bonds. The average molecular weight is 255 g/mol. The van der Waals surface area contributed by atoms with Crippen molar-refractivity contribution >= 4 is 11.9 Å². The van der Waals surface area contributed by atoms with Gasteiger partial charge < -0.3 is 15.2 Å². The van der Waals surface area contributed by atoms with Crippen molar-refractivity contribution in [1.29, 1.82) is 0 Å². The van der Waals surface area contributed by atoms with Crippen LogP contribution < -0.4 is 5.32 Å². The maximum Gasteiger partial charge on any atom is 0.307 e. The van der Waals surface area contributed by atoms with Gasteiger partial charge >= 0.3 is 5.97 Å². The second-order valence-electron chi connectivity index (χ2n) is 6.03. The molecule has 0 radical (unpaired) electrons. The van der Waals surface area contributed by atoms with Crippen LogP contribution in [0, 0.1) is 17.3 Å². The molecule has 2 fully saturated rings. The summed E-state index contributed by atoms with van der Waals surface area (Å²) in [6.07, 6.45) is 1.77. The molecule has 2 N–H and O–H groups in total. The number of aliphatic carboxylic acids is 1. The molecular weight excluding hydrogens is 234 g/mol. The molecule has 0 aromatic rings. The fourth-order valence-electron chi connectivity index (χ4n) is 3.01. The molecule has 0 aromatic heterocycles. The number of carboxylic acid groups (broad SMARTS) is 1. The highest BCUT2D eigenvalue weighted by atomic mass is 16.5. The molecule has 0 aromatic carbocycles. The zero-order valence-corrected chi connectivity index (χ0v) is 11.1. The summed E-state index contributed by atoms with van der Waals surface area (Å²) in [5, 5.41) is 12.0. The molecule has 5 nitrogen and oxygen atoms in total. The highest BCUT2D eigenvalue weighted by molar-refractivity contribution is 5.91. The van der Waals surface area contributed by atoms with Crippen LogP contribution in [-0.2, 0) is 14.3 Å². The number of carbonyl (C=O) groups is 2. The summed E-state index contributed by atoms with van der Waals surface area (Å²) in [7, 11) is 0. The van der Waals surface area contributed by atoms with Gasteiger partial charge in [0.1, 0.15) is 0 Å². The predicted octanol–water partition coefficient (Wildman–Crippen LogP) is 1.03. The van der Waals surface area contributed by atoms with Crippen molar-refractivity contribution in [3.8, 4) is 0 Å². The summed E-state index contributed by atoms with van der Waals surface area (Å²) >= 11 is 0. The van der Waals surface area contributed by atoms with E-state index in [1.807, 2.05) is 20.8 Å². The maximum absolute atomic E-state index is 12.1. The van der Waals surface area contributed by atoms with Crippen LogP contribution in [0.25, 0.3) is 0 Å². The van der Waals surface area contributed by atoms with E-state index >= 15 is 0 Å². The standard InChI is InChI=1S/C13H21NO4/c1-7-6-8(4-5-18-7)14-11(15)9-10(12(16)17)13(9,2)3/h7-10H,4-6H2,1-3H3,(H,14,15)(H,16,17). The van der Waals surface area contributed by atoms with E-state index in [9.17, 15) is 9.59 Å². The first-order valence-corrected chi connectivity index (χ1v) is 6.49. The predicted molar refractivity (Wildman–Crippen MR) is 65.0 cm³/mol. The van der Waals surface area contributed by atoms with Crippen molar-refractivity contribution in [2.75, 3.05) is 6.61 Å². The Morgan fingerprint density at radius 3 is 2.50 bits per heavy atom. The molecule has 0 spiro atoms. The minimum atomic E-state index is -0.875. The summed E-state index contributed by atoms with van der Waals surface area (Å²) in [6.45, 7) is 6.31. The monoisotopic (exact) mass is 255 g/mol. The van der Waals surface area contributed by atoms with Gasteiger partial charge in [0.25, 0.3) is 0 Å². The van der Waals surface area contributed by atoms with Crippen LogP contribution in [0.4, 0.5) is 0 Å². The van der Waals surface area contributed by atoms with E-state index < -0.39 is 23.2 Å². The minimum Gasteiger partial charge on any atom is -0.481 e. The Balaban J connectivity index is 1.91. The Labute approximate surface area is 107 Å². The quantitative estimate of drug-likeness (QED) is 0.789. The molecule has 2 rings (SSSR count). The molecule has 0 bridgehead atoms. The van der Waals surface area contributed by atoms with Gasteiger partial charge in [0.2, 0.25) is 5.91 Å². The van der Waals surface area contributed by atoms with Gasteiger partial charge in [-0.1, -0.05) is 13.8 Å². The van der Waals surface area contributed by atoms with Crippen LogP contribution in [0.2, 0.25) is 0 Å². The molecule has 2 aliphatic rings. The third kappa shape index (κ3) is 2.36. The number of hydrogen-bond donors (Lipinski definition) is 2. The van der Waals surface area contributed by atoms with Gasteiger partial charge in [-0.25, -0.2) is 0 Å². The average Bonchev–Trinajstić information content (AvgIpc) is 2.81. The number of amides is 1. The molecule has 1 saturated carbocycles. The highest BCUT2D eigenvalue weighted by Crippen LogP contribution is 2.58. The molecule has 18 heavy (non-hydrogen) atoms. The molecule has 1 saturated heterocycles. The van der Waals surface area contributed by atoms with Gasteiger partial charge in [-0.2, -0.15) is 0 Å². The van der Waals surface area contributed by atoms with E-state index in [4.69, 9.17) is 9.84 Å². The maximum atomic E-state index is 12.1. The van der Waals surface area contributed by atoms with Crippen LogP contribution in [0.15, 0.2) is 0 Å². The van der Waals surface area contributed by atoms with Gasteiger partial charge in [-0.05, 0) is 25.2 Å². The van der Waals surface area contributed by atoms with Crippen LogP contribution in [0.5, 0.6) is 0 Å². The Morgan fingerprint density at radius 1 is 1.33 bits per heavy atom. The number of rotatable bonds is 3. The first kappa shape index (κ1) is 13.3. The topological polar surface area (TPSA) is 75.6 Å². The molecule has 4 unspecified atom stereocenters. The largest absolute Gasteiger partial charge is 0.481 e. The lowest BCUT2D eigenvalue weighted by molar-refractivity contribution is -0.140. The lowest BCUT2D eigenvalue weighted by Crippen LogP contribution is -2.42. The molecule has 1 aliphatic carbocycles. The molecule has 5 heteroatoms. The second kappa shape index (κ2) is 4.53. The van der Waals surface area contributed by atoms with Crippen molar-refractivity contribution < 1.29 is 19.4 Å². The fourth-order valence-corrected chi connectivity index (χ4v) is 3.01. The van der Waals surface area contributed by atoms with Gasteiger partial charge in [-0.3, -0.25) is 9.59 Å². The van der Waals surface area contributed by atoms with E-state index in [-0.39, 0.29) is 18.1 Å². The normalized spacial score (nSPS) is 37.9. The van der Waals surface area contributed by atoms with Crippen LogP contribution in [0.1, 0.15) is 33.6 Å². The van der Waals surface area contributed by atoms with Crippen molar-refractivity contribution in [1.82, 2.24) is 5.32 Å². The smallest absolute Gasteiger partial charge is 0.307 e. The summed E-state index contributed by atoms with van der Waals surface area (Å²) in [5.74, 6) is -1.94. The number of hydrogen-bond acceptors (Lipinski definition) is 3. The summed E-state index contributed by atoms with van der Waals surface area (Å²) in [4.78, 5) is 23.1. The third-order valence-electron chi connectivity index (χ3n) is 4.21. The minimum absolute atomic E-state index is 0.118. The van der Waals surface area contributed by atoms with Crippen molar-refractivity contribution in [3.63, 3.8) is 0 Å². The highest BCUT2D eigenvalue weighted by Gasteiger charge is 2.66. The zero-order valence-electron chi connectivity index (χ0n) is 11.1. The van der Waals surface area contributed by atoms with E-state index in [0.29, 0.717) is 6.61 Å². The van der Waals surface area contributed by atoms with E-state index in [1.165, 1.54) is 0 Å². The van der Waals surface area contributed by atoms with Crippen LogP contribution in [0.3, 0.4) is 0 Å². The van der Waals surface area contributed by atoms with Crippen LogP contribution in [-0.4, -0.2) is 35.7 Å². The van der Waals surface area contributed by atoms with Gasteiger partial charge in [0.05, 0.1) is 17.9 Å². The Morgan fingerprint density at radius 2 is 2.00 bits per heavy atom. The molecule has 102 valence electrons. The molecule has 4 atom stereocenters. The Kier molecular flexibility index (Phi) is 3.36. The van der Waals surface area contributed by atoms with Gasteiger partial charge in [0, 0.05) is 12.6 Å². The fraction of sp³-hybridized carbons (Fsp3) is 0.846. The first-order chi connectivity index (χ1) is 8.34. The molecule has 1 heterocycles. The summed E-state index contributed by atoms with van der Waals surface area (Å²) in [5.41, 5.74) is -0.424. The van der Waals surface area contributed by atoms with E-state index in [0.717, 1.165) is 12.8 Å². The molecule has 1 aliphatic heterocycles. The van der Waals surface area contributed by atoms with E-state index in [2.05, 4.69) is 5.32 Å². The second-order valence-corrected chi connectivity index (χ2v) is 6.03.